The summed E-state index contributed by atoms with van der Waals surface area (Å²) < 4.78 is 25.3. The Hall–Kier alpha value is -1.44. The molecular weight excluding hydrogens is 290 g/mol. The Balaban J connectivity index is 1.92. The monoisotopic (exact) mass is 311 g/mol. The first-order chi connectivity index (χ1) is 10.0. The molecule has 1 heterocycles. The molecule has 116 valence electrons. The number of amides is 1. The molecule has 1 aliphatic rings. The molecule has 7 heteroatoms. The van der Waals surface area contributed by atoms with Gasteiger partial charge < -0.3 is 10.6 Å². The Kier molecular flexibility index (Phi) is 5.33. The second-order valence-electron chi connectivity index (χ2n) is 4.98. The molecule has 6 nitrogen and oxygen atoms in total. The Labute approximate surface area is 125 Å². The molecule has 0 unspecified atom stereocenters. The summed E-state index contributed by atoms with van der Waals surface area (Å²) >= 11 is 0. The molecule has 3 N–H and O–H groups in total. The topological polar surface area (TPSA) is 87.3 Å². The molecule has 2 rings (SSSR count). The van der Waals surface area contributed by atoms with Crippen LogP contribution < -0.4 is 15.4 Å². The lowest BCUT2D eigenvalue weighted by atomic mass is 9.98. The first-order valence-electron chi connectivity index (χ1n) is 7.10. The van der Waals surface area contributed by atoms with E-state index in [0.717, 1.165) is 25.1 Å². The van der Waals surface area contributed by atoms with Crippen molar-refractivity contribution in [3.8, 4) is 0 Å². The summed E-state index contributed by atoms with van der Waals surface area (Å²) in [6.07, 6.45) is 0.970. The first-order valence-corrected chi connectivity index (χ1v) is 8.75. The van der Waals surface area contributed by atoms with Gasteiger partial charge in [0.05, 0.1) is 5.75 Å². The highest BCUT2D eigenvalue weighted by atomic mass is 32.2. The van der Waals surface area contributed by atoms with Crippen LogP contribution in [0, 0.1) is 0 Å². The number of carbonyl (C=O) groups excluding carboxylic acids is 1. The van der Waals surface area contributed by atoms with Crippen molar-refractivity contribution in [2.45, 2.75) is 19.9 Å². The van der Waals surface area contributed by atoms with E-state index in [1.165, 1.54) is 5.56 Å². The molecule has 0 radical (unpaired) electrons. The summed E-state index contributed by atoms with van der Waals surface area (Å²) in [7, 11) is -3.30. The number of rotatable bonds is 6. The lowest BCUT2D eigenvalue weighted by molar-refractivity contribution is 0.0956. The van der Waals surface area contributed by atoms with Crippen molar-refractivity contribution in [1.82, 2.24) is 15.4 Å². The Morgan fingerprint density at radius 1 is 1.33 bits per heavy atom. The highest BCUT2D eigenvalue weighted by Gasteiger charge is 2.13. The van der Waals surface area contributed by atoms with Crippen LogP contribution in [0.4, 0.5) is 0 Å². The van der Waals surface area contributed by atoms with E-state index in [1.807, 2.05) is 12.1 Å². The highest BCUT2D eigenvalue weighted by molar-refractivity contribution is 7.89. The van der Waals surface area contributed by atoms with Crippen molar-refractivity contribution in [2.24, 2.45) is 0 Å². The van der Waals surface area contributed by atoms with Gasteiger partial charge in [0.25, 0.3) is 5.91 Å². The molecule has 0 saturated carbocycles. The molecule has 1 aromatic carbocycles. The van der Waals surface area contributed by atoms with Crippen molar-refractivity contribution in [1.29, 1.82) is 0 Å². The van der Waals surface area contributed by atoms with Crippen LogP contribution in [-0.4, -0.2) is 39.7 Å². The van der Waals surface area contributed by atoms with Crippen LogP contribution in [-0.2, 0) is 23.0 Å². The molecule has 1 amide bonds. The molecule has 0 aliphatic carbocycles. The number of hydrogen-bond acceptors (Lipinski definition) is 4. The van der Waals surface area contributed by atoms with Gasteiger partial charge in [-0.15, -0.1) is 0 Å². The van der Waals surface area contributed by atoms with E-state index in [9.17, 15) is 13.2 Å². The third-order valence-electron chi connectivity index (χ3n) is 3.38. The van der Waals surface area contributed by atoms with Crippen molar-refractivity contribution < 1.29 is 13.2 Å². The molecule has 0 atom stereocenters. The van der Waals surface area contributed by atoms with Crippen LogP contribution in [0.2, 0.25) is 0 Å². The van der Waals surface area contributed by atoms with E-state index in [-0.39, 0.29) is 18.2 Å². The molecule has 0 bridgehead atoms. The predicted octanol–water partition coefficient (Wildman–Crippen LogP) is 0.00140. The van der Waals surface area contributed by atoms with E-state index in [2.05, 4.69) is 15.4 Å². The van der Waals surface area contributed by atoms with Gasteiger partial charge in [-0.2, -0.15) is 0 Å². The minimum Gasteiger partial charge on any atom is -0.351 e. The molecule has 0 fully saturated rings. The summed E-state index contributed by atoms with van der Waals surface area (Å²) in [5.41, 5.74) is 2.97. The number of fused-ring (bicyclic) bond motifs is 1. The number of benzene rings is 1. The number of carbonyl (C=O) groups is 1. The van der Waals surface area contributed by atoms with Gasteiger partial charge in [0.2, 0.25) is 10.0 Å². The fraction of sp³-hybridized carbons (Fsp3) is 0.500. The minimum absolute atomic E-state index is 0.101. The zero-order valence-electron chi connectivity index (χ0n) is 12.1. The fourth-order valence-electron chi connectivity index (χ4n) is 2.31. The van der Waals surface area contributed by atoms with Gasteiger partial charge in [0.15, 0.2) is 0 Å². The maximum absolute atomic E-state index is 12.0. The molecule has 0 aromatic heterocycles. The summed E-state index contributed by atoms with van der Waals surface area (Å²) in [5.74, 6) is -0.353. The lowest BCUT2D eigenvalue weighted by Crippen LogP contribution is -2.34. The van der Waals surface area contributed by atoms with Gasteiger partial charge >= 0.3 is 0 Å². The smallest absolute Gasteiger partial charge is 0.251 e. The quantitative estimate of drug-likeness (QED) is 0.690. The van der Waals surface area contributed by atoms with Crippen LogP contribution in [0.15, 0.2) is 18.2 Å². The van der Waals surface area contributed by atoms with Gasteiger partial charge in [-0.1, -0.05) is 13.0 Å². The van der Waals surface area contributed by atoms with Crippen molar-refractivity contribution in [3.63, 3.8) is 0 Å². The van der Waals surface area contributed by atoms with E-state index in [0.29, 0.717) is 12.1 Å². The standard InChI is InChI=1S/C14H21N3O3S/c1-2-17-21(19,20)8-7-16-14(18)12-4-3-11-5-6-15-10-13(11)9-12/h3-4,9,15,17H,2,5-8,10H2,1H3,(H,16,18). The lowest BCUT2D eigenvalue weighted by Gasteiger charge is -2.17. The number of hydrogen-bond donors (Lipinski definition) is 3. The predicted molar refractivity (Wildman–Crippen MR) is 81.6 cm³/mol. The zero-order valence-corrected chi connectivity index (χ0v) is 12.9. The van der Waals surface area contributed by atoms with Gasteiger partial charge in [-0.25, -0.2) is 13.1 Å². The molecule has 1 aromatic rings. The van der Waals surface area contributed by atoms with Crippen molar-refractivity contribution in [3.05, 3.63) is 34.9 Å². The average molecular weight is 311 g/mol. The Morgan fingerprint density at radius 2 is 2.14 bits per heavy atom. The Morgan fingerprint density at radius 3 is 2.90 bits per heavy atom. The highest BCUT2D eigenvalue weighted by Crippen LogP contribution is 2.15. The molecule has 21 heavy (non-hydrogen) atoms. The van der Waals surface area contributed by atoms with Gasteiger partial charge in [-0.05, 0) is 36.2 Å². The second-order valence-corrected chi connectivity index (χ2v) is 6.91. The van der Waals surface area contributed by atoms with Crippen LogP contribution in [0.1, 0.15) is 28.4 Å². The molecular formula is C14H21N3O3S. The normalized spacial score (nSPS) is 14.5. The molecule has 0 spiro atoms. The van der Waals surface area contributed by atoms with Crippen molar-refractivity contribution in [2.75, 3.05) is 25.4 Å². The van der Waals surface area contributed by atoms with E-state index in [4.69, 9.17) is 0 Å². The number of sulfonamides is 1. The third kappa shape index (κ3) is 4.52. The summed E-state index contributed by atoms with van der Waals surface area (Å²) in [5, 5.41) is 5.91. The largest absolute Gasteiger partial charge is 0.351 e. The summed E-state index contributed by atoms with van der Waals surface area (Å²) in [4.78, 5) is 12.0. The zero-order chi connectivity index (χ0) is 15.3. The first kappa shape index (κ1) is 15.9. The van der Waals surface area contributed by atoms with Crippen LogP contribution in [0.5, 0.6) is 0 Å². The maximum Gasteiger partial charge on any atom is 0.251 e. The van der Waals surface area contributed by atoms with Crippen LogP contribution >= 0.6 is 0 Å². The second kappa shape index (κ2) is 7.02. The van der Waals surface area contributed by atoms with Crippen LogP contribution in [0.25, 0.3) is 0 Å². The summed E-state index contributed by atoms with van der Waals surface area (Å²) in [6, 6.07) is 5.63. The molecule has 0 saturated heterocycles. The van der Waals surface area contributed by atoms with Gasteiger partial charge in [-0.3, -0.25) is 4.79 Å². The number of nitrogens with one attached hydrogen (secondary N) is 3. The summed E-state index contributed by atoms with van der Waals surface area (Å²) in [6.45, 7) is 3.90. The maximum atomic E-state index is 12.0. The Bertz CT molecular complexity index is 614. The fourth-order valence-corrected chi connectivity index (χ4v) is 3.27. The molecule has 1 aliphatic heterocycles. The third-order valence-corrected chi connectivity index (χ3v) is 4.85. The van der Waals surface area contributed by atoms with Crippen LogP contribution in [0.3, 0.4) is 0 Å². The van der Waals surface area contributed by atoms with Crippen molar-refractivity contribution >= 4 is 15.9 Å². The minimum atomic E-state index is -3.30. The van der Waals surface area contributed by atoms with Gasteiger partial charge in [0.1, 0.15) is 0 Å². The van der Waals surface area contributed by atoms with E-state index >= 15 is 0 Å². The average Bonchev–Trinajstić information content (AvgIpc) is 2.46. The van der Waals surface area contributed by atoms with Gasteiger partial charge in [0, 0.05) is 25.2 Å². The van der Waals surface area contributed by atoms with E-state index < -0.39 is 10.0 Å². The SMILES string of the molecule is CCNS(=O)(=O)CCNC(=O)c1ccc2c(c1)CNCC2. The van der Waals surface area contributed by atoms with E-state index in [1.54, 1.807) is 13.0 Å².